The lowest BCUT2D eigenvalue weighted by Gasteiger charge is -2.43. The number of carbonyl (C=O) groups is 4. The van der Waals surface area contributed by atoms with Crippen molar-refractivity contribution in [2.24, 2.45) is 0 Å². The van der Waals surface area contributed by atoms with E-state index < -0.39 is 54.6 Å². The number of ether oxygens (including phenoxy) is 7. The Balaban J connectivity index is 2.46. The average molecular weight is 440 g/mol. The molecule has 0 radical (unpaired) electrons. The minimum atomic E-state index is -1.52. The van der Waals surface area contributed by atoms with Gasteiger partial charge in [0.15, 0.2) is 18.3 Å². The molecule has 0 aromatic heterocycles. The Morgan fingerprint density at radius 3 is 1.71 bits per heavy atom. The Bertz CT molecular complexity index is 804. The molecular formula is C20H24O11. The number of methoxy groups -OCH3 is 2. The van der Waals surface area contributed by atoms with E-state index in [9.17, 15) is 19.2 Å². The quantitative estimate of drug-likeness (QED) is 0.440. The smallest absolute Gasteiger partial charge is 0.339 e. The molecule has 0 amide bonds. The molecular weight excluding hydrogens is 416 g/mol. The van der Waals surface area contributed by atoms with Crippen molar-refractivity contribution < 1.29 is 52.3 Å². The van der Waals surface area contributed by atoms with Crippen molar-refractivity contribution in [1.82, 2.24) is 0 Å². The summed E-state index contributed by atoms with van der Waals surface area (Å²) < 4.78 is 37.0. The number of esters is 4. The molecule has 0 saturated carbocycles. The Kier molecular flexibility index (Phi) is 8.20. The van der Waals surface area contributed by atoms with Crippen molar-refractivity contribution in [3.63, 3.8) is 0 Å². The number of hydrogen-bond donors (Lipinski definition) is 0. The van der Waals surface area contributed by atoms with E-state index in [0.29, 0.717) is 5.75 Å². The summed E-state index contributed by atoms with van der Waals surface area (Å²) in [4.78, 5) is 47.5. The molecule has 0 spiro atoms. The molecule has 5 unspecified atom stereocenters. The maximum atomic E-state index is 12.3. The van der Waals surface area contributed by atoms with Gasteiger partial charge in [-0.25, -0.2) is 4.79 Å². The van der Waals surface area contributed by atoms with Gasteiger partial charge >= 0.3 is 23.9 Å². The van der Waals surface area contributed by atoms with Crippen LogP contribution in [0.15, 0.2) is 24.3 Å². The molecule has 1 saturated heterocycles. The fourth-order valence-corrected chi connectivity index (χ4v) is 2.96. The van der Waals surface area contributed by atoms with E-state index >= 15 is 0 Å². The third-order valence-corrected chi connectivity index (χ3v) is 4.15. The van der Waals surface area contributed by atoms with Crippen LogP contribution in [0, 0.1) is 0 Å². The van der Waals surface area contributed by atoms with Crippen LogP contribution in [0.2, 0.25) is 0 Å². The number of hydrogen-bond acceptors (Lipinski definition) is 11. The normalized spacial score (nSPS) is 25.0. The van der Waals surface area contributed by atoms with E-state index in [4.69, 9.17) is 33.2 Å². The molecule has 2 rings (SSSR count). The Morgan fingerprint density at radius 2 is 1.23 bits per heavy atom. The topological polar surface area (TPSA) is 133 Å². The summed E-state index contributed by atoms with van der Waals surface area (Å²) in [5, 5.41) is 0. The molecule has 1 aromatic carbocycles. The van der Waals surface area contributed by atoms with Crippen molar-refractivity contribution in [1.29, 1.82) is 0 Å². The molecule has 0 bridgehead atoms. The third kappa shape index (κ3) is 6.32. The first kappa shape index (κ1) is 23.9. The van der Waals surface area contributed by atoms with E-state index in [1.807, 2.05) is 0 Å². The van der Waals surface area contributed by atoms with Crippen LogP contribution < -0.4 is 9.47 Å². The predicted molar refractivity (Wildman–Crippen MR) is 101 cm³/mol. The lowest BCUT2D eigenvalue weighted by molar-refractivity contribution is -0.282. The second-order valence-corrected chi connectivity index (χ2v) is 6.46. The molecule has 1 heterocycles. The fraction of sp³-hybridized carbons (Fsp3) is 0.500. The van der Waals surface area contributed by atoms with Gasteiger partial charge in [0.1, 0.15) is 11.5 Å². The van der Waals surface area contributed by atoms with E-state index in [0.717, 1.165) is 27.9 Å². The molecule has 0 aliphatic carbocycles. The molecule has 11 heteroatoms. The molecule has 0 N–H and O–H groups in total. The minimum Gasteiger partial charge on any atom is -0.497 e. The average Bonchev–Trinajstić information content (AvgIpc) is 2.71. The minimum absolute atomic E-state index is 0.277. The number of carbonyl (C=O) groups excluding carboxylic acids is 4. The van der Waals surface area contributed by atoms with Crippen LogP contribution >= 0.6 is 0 Å². The second-order valence-electron chi connectivity index (χ2n) is 6.46. The van der Waals surface area contributed by atoms with Gasteiger partial charge in [-0.1, -0.05) is 0 Å². The summed E-state index contributed by atoms with van der Waals surface area (Å²) in [6.45, 7) is 3.33. The maximum Gasteiger partial charge on any atom is 0.339 e. The van der Waals surface area contributed by atoms with E-state index in [2.05, 4.69) is 0 Å². The summed E-state index contributed by atoms with van der Waals surface area (Å²) in [6, 6.07) is 6.34. The highest BCUT2D eigenvalue weighted by atomic mass is 16.7. The molecule has 1 aromatic rings. The van der Waals surface area contributed by atoms with Gasteiger partial charge in [-0.2, -0.15) is 0 Å². The van der Waals surface area contributed by atoms with Crippen LogP contribution in [-0.4, -0.2) is 68.8 Å². The first-order chi connectivity index (χ1) is 14.7. The highest BCUT2D eigenvalue weighted by molar-refractivity contribution is 5.77. The number of benzene rings is 1. The van der Waals surface area contributed by atoms with Crippen molar-refractivity contribution in [3.05, 3.63) is 24.3 Å². The van der Waals surface area contributed by atoms with Crippen molar-refractivity contribution in [3.8, 4) is 11.5 Å². The van der Waals surface area contributed by atoms with Crippen molar-refractivity contribution in [2.75, 3.05) is 14.2 Å². The van der Waals surface area contributed by atoms with Gasteiger partial charge in [0.05, 0.1) is 14.2 Å². The molecule has 1 aliphatic rings. The van der Waals surface area contributed by atoms with Crippen molar-refractivity contribution >= 4 is 23.9 Å². The van der Waals surface area contributed by atoms with Gasteiger partial charge in [-0.15, -0.1) is 0 Å². The van der Waals surface area contributed by atoms with E-state index in [1.54, 1.807) is 24.3 Å². The third-order valence-electron chi connectivity index (χ3n) is 4.15. The summed E-state index contributed by atoms with van der Waals surface area (Å²) in [5.41, 5.74) is 0. The Hall–Kier alpha value is -3.34. The van der Waals surface area contributed by atoms with Gasteiger partial charge in [0.25, 0.3) is 0 Å². The first-order valence-electron chi connectivity index (χ1n) is 9.22. The molecule has 170 valence electrons. The van der Waals surface area contributed by atoms with Gasteiger partial charge in [0.2, 0.25) is 12.4 Å². The van der Waals surface area contributed by atoms with Gasteiger partial charge in [0, 0.05) is 20.8 Å². The fourth-order valence-electron chi connectivity index (χ4n) is 2.96. The molecule has 1 fully saturated rings. The van der Waals surface area contributed by atoms with Crippen LogP contribution in [0.4, 0.5) is 0 Å². The molecule has 1 aliphatic heterocycles. The van der Waals surface area contributed by atoms with E-state index in [-0.39, 0.29) is 5.75 Å². The molecule has 31 heavy (non-hydrogen) atoms. The lowest BCUT2D eigenvalue weighted by Crippen LogP contribution is -2.64. The zero-order valence-electron chi connectivity index (χ0n) is 17.7. The largest absolute Gasteiger partial charge is 0.497 e. The molecule has 5 atom stereocenters. The summed E-state index contributed by atoms with van der Waals surface area (Å²) >= 11 is 0. The number of rotatable bonds is 7. The van der Waals surface area contributed by atoms with Crippen LogP contribution in [0.5, 0.6) is 11.5 Å². The molecule has 11 nitrogen and oxygen atoms in total. The summed E-state index contributed by atoms with van der Waals surface area (Å²) in [5.74, 6) is -2.36. The van der Waals surface area contributed by atoms with E-state index in [1.165, 1.54) is 7.11 Å². The van der Waals surface area contributed by atoms with Crippen LogP contribution in [0.3, 0.4) is 0 Å². The summed E-state index contributed by atoms with van der Waals surface area (Å²) in [7, 11) is 2.60. The maximum absolute atomic E-state index is 12.3. The Labute approximate surface area is 178 Å². The van der Waals surface area contributed by atoms with Crippen LogP contribution in [-0.2, 0) is 42.9 Å². The zero-order chi connectivity index (χ0) is 23.1. The second kappa shape index (κ2) is 10.6. The van der Waals surface area contributed by atoms with Crippen LogP contribution in [0.25, 0.3) is 0 Å². The van der Waals surface area contributed by atoms with Gasteiger partial charge in [-0.3, -0.25) is 14.4 Å². The lowest BCUT2D eigenvalue weighted by atomic mass is 9.97. The highest BCUT2D eigenvalue weighted by Gasteiger charge is 2.55. The Morgan fingerprint density at radius 1 is 0.742 bits per heavy atom. The van der Waals surface area contributed by atoms with Crippen LogP contribution in [0.1, 0.15) is 20.8 Å². The monoisotopic (exact) mass is 440 g/mol. The first-order valence-corrected chi connectivity index (χ1v) is 9.22. The van der Waals surface area contributed by atoms with Gasteiger partial charge < -0.3 is 33.2 Å². The van der Waals surface area contributed by atoms with Gasteiger partial charge in [-0.05, 0) is 24.3 Å². The summed E-state index contributed by atoms with van der Waals surface area (Å²) in [6.07, 6.45) is -7.15. The van der Waals surface area contributed by atoms with Crippen molar-refractivity contribution in [2.45, 2.75) is 51.5 Å². The zero-order valence-corrected chi connectivity index (χ0v) is 17.7. The highest BCUT2D eigenvalue weighted by Crippen LogP contribution is 2.31. The SMILES string of the molecule is COC(=O)C1OC(Oc2ccc(OC)cc2)C(OC(C)=O)C(OC(C)=O)C1OC(C)=O. The standard InChI is InChI=1S/C20H24O11/c1-10(21)27-15-16(28-11(2)22)18(29-12(3)23)20(31-17(15)19(24)26-5)30-14-8-6-13(25-4)7-9-14/h6-9,15-18,20H,1-5H3. The predicted octanol–water partition coefficient (Wildman–Crippen LogP) is 0.767.